The number of nitrogens with zero attached hydrogens (tertiary/aromatic N) is 3. The van der Waals surface area contributed by atoms with Crippen LogP contribution in [0.15, 0.2) is 215 Å². The molecule has 0 atom stereocenters. The van der Waals surface area contributed by atoms with Gasteiger partial charge >= 0.3 is 6.85 Å². The highest BCUT2D eigenvalue weighted by Gasteiger charge is 2.48. The molecule has 0 amide bonds. The van der Waals surface area contributed by atoms with Crippen molar-refractivity contribution < 1.29 is 8.83 Å². The minimum atomic E-state index is -0.342. The van der Waals surface area contributed by atoms with Crippen LogP contribution < -0.4 is 25.5 Å². The van der Waals surface area contributed by atoms with Crippen molar-refractivity contribution in [2.24, 2.45) is 0 Å². The molecule has 12 aromatic rings. The van der Waals surface area contributed by atoms with Crippen LogP contribution in [0.1, 0.15) is 105 Å². The fourth-order valence-corrected chi connectivity index (χ4v) is 12.9. The first-order valence-corrected chi connectivity index (χ1v) is 29.2. The molecule has 0 N–H and O–H groups in total. The summed E-state index contributed by atoms with van der Waals surface area (Å²) < 4.78 is 14.2. The first-order chi connectivity index (χ1) is 39.2. The Hall–Kier alpha value is -8.74. The van der Waals surface area contributed by atoms with Gasteiger partial charge in [0.2, 0.25) is 0 Å². The van der Waals surface area contributed by atoms with Crippen LogP contribution in [-0.4, -0.2) is 6.85 Å². The molecular weight excluding hydrogens is 998 g/mol. The molecule has 0 unspecified atom stereocenters. The maximum atomic E-state index is 7.37. The lowest BCUT2D eigenvalue weighted by molar-refractivity contribution is 0.590. The number of furan rings is 2. The van der Waals surface area contributed by atoms with Crippen molar-refractivity contribution >= 4 is 107 Å². The Morgan fingerprint density at radius 3 is 1.46 bits per heavy atom. The average molecular weight is 1070 g/mol. The SMILES string of the molecule is CC(C)(C)c1ccc(N2B3c4cc(N(c5ccc(C(C)(C)C)cc5)c5ccc(C(C)(C)C)cc5)ccc4N(c4ccc(C(C)(C)C)cc4-c4ccccc4)c4c3c(cc3c4oc4ccccc43)-c3cc4c(cc32)oc2ccccc24)cc1. The highest BCUT2D eigenvalue weighted by Crippen LogP contribution is 2.54. The smallest absolute Gasteiger partial charge is 0.333 e. The van der Waals surface area contributed by atoms with Gasteiger partial charge in [-0.3, -0.25) is 0 Å². The Morgan fingerprint density at radius 2 is 0.866 bits per heavy atom. The minimum Gasteiger partial charge on any atom is -0.456 e. The fraction of sp³-hybridized carbons (Fsp3) is 0.211. The van der Waals surface area contributed by atoms with Crippen LogP contribution in [0.5, 0.6) is 0 Å². The molecule has 0 saturated heterocycles. The third-order valence-electron chi connectivity index (χ3n) is 17.5. The van der Waals surface area contributed by atoms with Gasteiger partial charge in [0, 0.05) is 72.9 Å². The highest BCUT2D eigenvalue weighted by atomic mass is 16.3. The van der Waals surface area contributed by atoms with Gasteiger partial charge in [-0.25, -0.2) is 0 Å². The molecular formula is C76H70BN3O2. The summed E-state index contributed by atoms with van der Waals surface area (Å²) in [5.74, 6) is 0. The molecule has 10 aromatic carbocycles. The molecule has 14 rings (SSSR count). The van der Waals surface area contributed by atoms with E-state index in [2.05, 4.69) is 304 Å². The number of benzene rings is 10. The summed E-state index contributed by atoms with van der Waals surface area (Å²) in [6.07, 6.45) is 0. The molecule has 2 aliphatic heterocycles. The average Bonchev–Trinajstić information content (AvgIpc) is 1.28. The molecule has 0 saturated carbocycles. The van der Waals surface area contributed by atoms with E-state index in [1.807, 2.05) is 0 Å². The van der Waals surface area contributed by atoms with Crippen LogP contribution in [-0.2, 0) is 21.7 Å². The second-order valence-electron chi connectivity index (χ2n) is 27.1. The normalized spacial score (nSPS) is 13.5. The van der Waals surface area contributed by atoms with Gasteiger partial charge in [0.05, 0.1) is 11.4 Å². The second-order valence-corrected chi connectivity index (χ2v) is 27.1. The van der Waals surface area contributed by atoms with Crippen molar-refractivity contribution in [3.63, 3.8) is 0 Å². The minimum absolute atomic E-state index is 0.00714. The van der Waals surface area contributed by atoms with E-state index in [0.29, 0.717) is 0 Å². The van der Waals surface area contributed by atoms with Gasteiger partial charge in [-0.1, -0.05) is 192 Å². The maximum Gasteiger partial charge on any atom is 0.333 e. The van der Waals surface area contributed by atoms with Crippen LogP contribution in [0.25, 0.3) is 66.1 Å². The van der Waals surface area contributed by atoms with Crippen molar-refractivity contribution in [3.8, 4) is 22.3 Å². The number of para-hydroxylation sites is 2. The molecule has 4 heterocycles. The van der Waals surface area contributed by atoms with Crippen molar-refractivity contribution in [2.75, 3.05) is 14.6 Å². The lowest BCUT2D eigenvalue weighted by Crippen LogP contribution is -2.61. The summed E-state index contributed by atoms with van der Waals surface area (Å²) in [6, 6.07) is 77.3. The third kappa shape index (κ3) is 8.35. The molecule has 2 aliphatic rings. The van der Waals surface area contributed by atoms with E-state index in [9.17, 15) is 0 Å². The molecule has 404 valence electrons. The van der Waals surface area contributed by atoms with Gasteiger partial charge in [-0.15, -0.1) is 0 Å². The number of hydrogen-bond acceptors (Lipinski definition) is 5. The van der Waals surface area contributed by atoms with Crippen LogP contribution >= 0.6 is 0 Å². The lowest BCUT2D eigenvalue weighted by Gasteiger charge is -2.46. The van der Waals surface area contributed by atoms with Crippen LogP contribution in [0.2, 0.25) is 0 Å². The van der Waals surface area contributed by atoms with E-state index < -0.39 is 0 Å². The quantitative estimate of drug-likeness (QED) is 0.155. The van der Waals surface area contributed by atoms with Crippen LogP contribution in [0, 0.1) is 0 Å². The van der Waals surface area contributed by atoms with Gasteiger partial charge in [0.25, 0.3) is 0 Å². The summed E-state index contributed by atoms with van der Waals surface area (Å²) in [5.41, 5.74) is 24.0. The van der Waals surface area contributed by atoms with Crippen molar-refractivity contribution in [2.45, 2.75) is 105 Å². The zero-order chi connectivity index (χ0) is 56.8. The Labute approximate surface area is 483 Å². The summed E-state index contributed by atoms with van der Waals surface area (Å²) >= 11 is 0. The number of rotatable bonds is 6. The van der Waals surface area contributed by atoms with E-state index >= 15 is 0 Å². The molecule has 0 aliphatic carbocycles. The summed E-state index contributed by atoms with van der Waals surface area (Å²) in [5, 5.41) is 4.35. The van der Waals surface area contributed by atoms with Crippen LogP contribution in [0.4, 0.5) is 45.5 Å². The predicted molar refractivity (Wildman–Crippen MR) is 350 cm³/mol. The van der Waals surface area contributed by atoms with Gasteiger partial charge in [-0.2, -0.15) is 0 Å². The highest BCUT2D eigenvalue weighted by molar-refractivity contribution is 6.94. The van der Waals surface area contributed by atoms with E-state index in [0.717, 1.165) is 106 Å². The van der Waals surface area contributed by atoms with Crippen molar-refractivity contribution in [3.05, 3.63) is 229 Å². The monoisotopic (exact) mass is 1070 g/mol. The first-order valence-electron chi connectivity index (χ1n) is 29.2. The zero-order valence-electron chi connectivity index (χ0n) is 49.4. The summed E-state index contributed by atoms with van der Waals surface area (Å²) in [7, 11) is 0. The zero-order valence-corrected chi connectivity index (χ0v) is 49.4. The second kappa shape index (κ2) is 18.4. The van der Waals surface area contributed by atoms with E-state index in [4.69, 9.17) is 8.83 Å². The summed E-state index contributed by atoms with van der Waals surface area (Å²) in [4.78, 5) is 7.62. The molecule has 2 aromatic heterocycles. The topological polar surface area (TPSA) is 36.0 Å². The number of fused-ring (bicyclic) bond motifs is 11. The van der Waals surface area contributed by atoms with E-state index in [1.165, 1.54) is 38.7 Å². The van der Waals surface area contributed by atoms with E-state index in [1.54, 1.807) is 0 Å². The van der Waals surface area contributed by atoms with Gasteiger partial charge < -0.3 is 23.4 Å². The molecule has 0 radical (unpaired) electrons. The van der Waals surface area contributed by atoms with Crippen molar-refractivity contribution in [1.29, 1.82) is 0 Å². The number of hydrogen-bond donors (Lipinski definition) is 0. The first kappa shape index (κ1) is 51.4. The Morgan fingerprint density at radius 1 is 0.366 bits per heavy atom. The predicted octanol–water partition coefficient (Wildman–Crippen LogP) is 20.5. The standard InChI is InChI=1S/C76H70BN3O2/c1-73(2,3)48-26-33-52(34-27-48)78(53-35-28-49(29-36-53)74(4,5)6)55-39-41-65-63(43-55)77-70-61(59-44-60-56-22-16-18-24-67(56)81-69(60)46-66(59)80(77)54-37-30-50(31-38-54)75(7,8)9)45-62-57-23-17-19-25-68(57)82-72(62)71(70)79(65)64-40-32-51(76(10,11)12)42-58(64)47-20-14-13-15-21-47/h13-46H,1-12H3. The molecule has 0 spiro atoms. The molecule has 6 heteroatoms. The van der Waals surface area contributed by atoms with E-state index in [-0.39, 0.29) is 28.5 Å². The number of anilines is 8. The van der Waals surface area contributed by atoms with Crippen molar-refractivity contribution in [1.82, 2.24) is 0 Å². The molecule has 5 nitrogen and oxygen atoms in total. The fourth-order valence-electron chi connectivity index (χ4n) is 12.9. The maximum absolute atomic E-state index is 7.37. The largest absolute Gasteiger partial charge is 0.456 e. The Bertz CT molecular complexity index is 4430. The molecule has 0 bridgehead atoms. The third-order valence-corrected chi connectivity index (χ3v) is 17.5. The molecule has 0 fully saturated rings. The lowest BCUT2D eigenvalue weighted by atomic mass is 9.43. The Kier molecular flexibility index (Phi) is 11.5. The van der Waals surface area contributed by atoms with Gasteiger partial charge in [0.15, 0.2) is 5.58 Å². The van der Waals surface area contributed by atoms with Gasteiger partial charge in [-0.05, 0) is 157 Å². The molecule has 82 heavy (non-hydrogen) atoms. The summed E-state index contributed by atoms with van der Waals surface area (Å²) in [6.45, 7) is 27.2. The van der Waals surface area contributed by atoms with Crippen LogP contribution in [0.3, 0.4) is 0 Å². The Balaban J connectivity index is 1.14. The van der Waals surface area contributed by atoms with Gasteiger partial charge in [0.1, 0.15) is 16.7 Å².